The molecule has 4 aromatic rings. The lowest BCUT2D eigenvalue weighted by Crippen LogP contribution is -2.49. The van der Waals surface area contributed by atoms with Gasteiger partial charge in [-0.25, -0.2) is 4.39 Å². The van der Waals surface area contributed by atoms with Crippen molar-refractivity contribution in [3.05, 3.63) is 89.6 Å². The molecule has 0 bridgehead atoms. The molecule has 9 nitrogen and oxygen atoms in total. The number of aromatic nitrogens is 4. The second-order valence-electron chi connectivity index (χ2n) is 9.81. The number of tetrazole rings is 1. The van der Waals surface area contributed by atoms with E-state index >= 15 is 0 Å². The van der Waals surface area contributed by atoms with Gasteiger partial charge in [-0.15, -0.1) is 10.2 Å². The van der Waals surface area contributed by atoms with Gasteiger partial charge in [-0.05, 0) is 62.7 Å². The second-order valence-corrected chi connectivity index (χ2v) is 9.81. The van der Waals surface area contributed by atoms with Crippen molar-refractivity contribution < 1.29 is 18.4 Å². The number of amides is 2. The van der Waals surface area contributed by atoms with Crippen LogP contribution in [0.25, 0.3) is 11.4 Å². The van der Waals surface area contributed by atoms with Crippen molar-refractivity contribution in [3.8, 4) is 11.4 Å². The first-order valence-corrected chi connectivity index (χ1v) is 11.8. The minimum absolute atomic E-state index is 0.0293. The highest BCUT2D eigenvalue weighted by Gasteiger charge is 2.35. The van der Waals surface area contributed by atoms with Crippen LogP contribution >= 0.6 is 0 Å². The van der Waals surface area contributed by atoms with Crippen LogP contribution in [0.2, 0.25) is 0 Å². The zero-order valence-corrected chi connectivity index (χ0v) is 21.2. The van der Waals surface area contributed by atoms with E-state index in [0.29, 0.717) is 17.1 Å². The summed E-state index contributed by atoms with van der Waals surface area (Å²) < 4.78 is 19.1. The van der Waals surface area contributed by atoms with Crippen molar-refractivity contribution in [2.75, 3.05) is 0 Å². The van der Waals surface area contributed by atoms with Crippen molar-refractivity contribution in [3.63, 3.8) is 0 Å². The number of nitrogens with zero attached hydrogens (tertiary/aromatic N) is 5. The number of carbonyl (C=O) groups excluding carboxylic acids is 2. The smallest absolute Gasteiger partial charge is 0.251 e. The van der Waals surface area contributed by atoms with E-state index in [1.807, 2.05) is 52.0 Å². The molecule has 1 unspecified atom stereocenters. The van der Waals surface area contributed by atoms with Crippen LogP contribution in [0.1, 0.15) is 43.7 Å². The number of halogens is 1. The Bertz CT molecular complexity index is 1340. The van der Waals surface area contributed by atoms with Crippen LogP contribution < -0.4 is 5.32 Å². The summed E-state index contributed by atoms with van der Waals surface area (Å²) in [6.45, 7) is 7.29. The molecule has 1 atom stereocenters. The lowest BCUT2D eigenvalue weighted by molar-refractivity contribution is -0.143. The van der Waals surface area contributed by atoms with Gasteiger partial charge < -0.3 is 14.6 Å². The Kier molecular flexibility index (Phi) is 7.47. The summed E-state index contributed by atoms with van der Waals surface area (Å²) in [4.78, 5) is 29.7. The molecule has 0 fully saturated rings. The fourth-order valence-corrected chi connectivity index (χ4v) is 3.76. The van der Waals surface area contributed by atoms with Crippen LogP contribution in [0, 0.1) is 12.7 Å². The van der Waals surface area contributed by atoms with Crippen LogP contribution in [-0.2, 0) is 22.7 Å². The summed E-state index contributed by atoms with van der Waals surface area (Å²) >= 11 is 0. The summed E-state index contributed by atoms with van der Waals surface area (Å²) in [5.74, 6) is -0.576. The van der Waals surface area contributed by atoms with Crippen molar-refractivity contribution in [1.82, 2.24) is 30.4 Å². The summed E-state index contributed by atoms with van der Waals surface area (Å²) in [6, 6.07) is 15.6. The maximum Gasteiger partial charge on any atom is 0.251 e. The van der Waals surface area contributed by atoms with Crippen molar-refractivity contribution in [2.45, 2.75) is 52.4 Å². The van der Waals surface area contributed by atoms with E-state index in [2.05, 4.69) is 20.7 Å². The molecule has 2 aromatic carbocycles. The summed E-state index contributed by atoms with van der Waals surface area (Å²) in [7, 11) is 0. The summed E-state index contributed by atoms with van der Waals surface area (Å²) in [5, 5.41) is 15.4. The molecular weight excluding hydrogens is 475 g/mol. The van der Waals surface area contributed by atoms with Gasteiger partial charge in [0, 0.05) is 17.6 Å². The van der Waals surface area contributed by atoms with E-state index in [-0.39, 0.29) is 13.1 Å². The fraction of sp³-hybridized carbons (Fsp3) is 0.296. The van der Waals surface area contributed by atoms with Crippen molar-refractivity contribution >= 4 is 11.8 Å². The average Bonchev–Trinajstić information content (AvgIpc) is 3.52. The van der Waals surface area contributed by atoms with Crippen molar-refractivity contribution in [1.29, 1.82) is 0 Å². The first-order chi connectivity index (χ1) is 17.6. The highest BCUT2D eigenvalue weighted by molar-refractivity contribution is 5.88. The van der Waals surface area contributed by atoms with Crippen LogP contribution in [0.15, 0.2) is 71.3 Å². The number of carbonyl (C=O) groups is 2. The fourth-order valence-electron chi connectivity index (χ4n) is 3.76. The average molecular weight is 505 g/mol. The third-order valence-corrected chi connectivity index (χ3v) is 5.50. The molecular formula is C27H29FN6O3. The van der Waals surface area contributed by atoms with E-state index in [1.54, 1.807) is 24.3 Å². The second kappa shape index (κ2) is 10.7. The Morgan fingerprint density at radius 2 is 1.78 bits per heavy atom. The maximum absolute atomic E-state index is 13.7. The van der Waals surface area contributed by atoms with Gasteiger partial charge in [0.15, 0.2) is 6.04 Å². The van der Waals surface area contributed by atoms with Crippen LogP contribution in [0.5, 0.6) is 0 Å². The van der Waals surface area contributed by atoms with Crippen LogP contribution in [0.3, 0.4) is 0 Å². The topological polar surface area (TPSA) is 106 Å². The van der Waals surface area contributed by atoms with E-state index in [9.17, 15) is 14.0 Å². The van der Waals surface area contributed by atoms with Crippen molar-refractivity contribution in [2.24, 2.45) is 0 Å². The van der Waals surface area contributed by atoms with E-state index in [0.717, 1.165) is 11.1 Å². The Morgan fingerprint density at radius 3 is 2.41 bits per heavy atom. The molecule has 2 heterocycles. The van der Waals surface area contributed by atoms with Crippen LogP contribution in [-0.4, -0.2) is 42.5 Å². The Morgan fingerprint density at radius 1 is 1.08 bits per heavy atom. The molecule has 192 valence electrons. The number of rotatable bonds is 8. The minimum atomic E-state index is -1.08. The maximum atomic E-state index is 13.7. The number of aryl methyl sites for hydroxylation is 1. The molecule has 0 saturated carbocycles. The number of furan rings is 1. The summed E-state index contributed by atoms with van der Waals surface area (Å²) in [6.07, 6.45) is 1.44. The summed E-state index contributed by atoms with van der Waals surface area (Å²) in [5.41, 5.74) is 1.95. The quantitative estimate of drug-likeness (QED) is 0.388. The monoisotopic (exact) mass is 504 g/mol. The normalized spacial score (nSPS) is 12.2. The lowest BCUT2D eigenvalue weighted by Gasteiger charge is -2.32. The number of hydrogen-bond acceptors (Lipinski definition) is 6. The van der Waals surface area contributed by atoms with Gasteiger partial charge in [0.25, 0.3) is 5.91 Å². The molecule has 0 aliphatic heterocycles. The SMILES string of the molecule is Cc1ccc(-c2nnn(CC(=O)N(Cc3ccc(F)cc3)C(C(=O)NC(C)(C)C)c3ccco3)n2)cc1. The molecule has 2 amide bonds. The van der Waals surface area contributed by atoms with Gasteiger partial charge in [-0.3, -0.25) is 9.59 Å². The van der Waals surface area contributed by atoms with Gasteiger partial charge in [0.05, 0.1) is 6.26 Å². The van der Waals surface area contributed by atoms with Gasteiger partial charge in [0.2, 0.25) is 11.7 Å². The third-order valence-electron chi connectivity index (χ3n) is 5.50. The zero-order valence-electron chi connectivity index (χ0n) is 21.2. The highest BCUT2D eigenvalue weighted by Crippen LogP contribution is 2.26. The molecule has 1 N–H and O–H groups in total. The number of hydrogen-bond donors (Lipinski definition) is 1. The lowest BCUT2D eigenvalue weighted by atomic mass is 10.1. The molecule has 4 rings (SSSR count). The highest BCUT2D eigenvalue weighted by atomic mass is 19.1. The zero-order chi connectivity index (χ0) is 26.6. The van der Waals surface area contributed by atoms with Gasteiger partial charge in [-0.1, -0.05) is 42.0 Å². The van der Waals surface area contributed by atoms with Gasteiger partial charge in [0.1, 0.15) is 18.1 Å². The van der Waals surface area contributed by atoms with Gasteiger partial charge >= 0.3 is 0 Å². The number of nitrogens with one attached hydrogen (secondary N) is 1. The Hall–Kier alpha value is -4.34. The third kappa shape index (κ3) is 6.66. The molecule has 0 radical (unpaired) electrons. The molecule has 2 aromatic heterocycles. The largest absolute Gasteiger partial charge is 0.467 e. The Labute approximate surface area is 214 Å². The molecule has 0 spiro atoms. The predicted molar refractivity (Wildman–Crippen MR) is 134 cm³/mol. The number of benzene rings is 2. The van der Waals surface area contributed by atoms with Crippen LogP contribution in [0.4, 0.5) is 4.39 Å². The van der Waals surface area contributed by atoms with Gasteiger partial charge in [-0.2, -0.15) is 4.80 Å². The molecule has 0 aliphatic rings. The minimum Gasteiger partial charge on any atom is -0.467 e. The predicted octanol–water partition coefficient (Wildman–Crippen LogP) is 4.07. The molecule has 0 aliphatic carbocycles. The molecule has 10 heteroatoms. The molecule has 37 heavy (non-hydrogen) atoms. The molecule has 0 saturated heterocycles. The first kappa shape index (κ1) is 25.7. The standard InChI is InChI=1S/C27H29FN6O3/c1-18-7-11-20(12-8-18)25-30-32-34(31-25)17-23(35)33(16-19-9-13-21(28)14-10-19)24(22-6-5-15-37-22)26(36)29-27(2,3)4/h5-15,24H,16-17H2,1-4H3,(H,29,36). The van der Waals surface area contributed by atoms with E-state index < -0.39 is 29.2 Å². The van der Waals surface area contributed by atoms with E-state index in [4.69, 9.17) is 4.42 Å². The first-order valence-electron chi connectivity index (χ1n) is 11.8. The Balaban J connectivity index is 1.65. The van der Waals surface area contributed by atoms with E-state index in [1.165, 1.54) is 28.1 Å².